The van der Waals surface area contributed by atoms with Crippen molar-refractivity contribution < 1.29 is 14.6 Å². The highest BCUT2D eigenvalue weighted by atomic mass is 16.5. The van der Waals surface area contributed by atoms with Crippen molar-refractivity contribution in [2.24, 2.45) is 0 Å². The molecule has 0 saturated heterocycles. The minimum Gasteiger partial charge on any atom is -0.480 e. The number of carboxylic acid groups (broad SMARTS) is 1. The molecule has 18 heavy (non-hydrogen) atoms. The highest BCUT2D eigenvalue weighted by Crippen LogP contribution is 2.11. The Morgan fingerprint density at radius 2 is 2.28 bits per heavy atom. The molecular weight excluding hydrogens is 234 g/mol. The van der Waals surface area contributed by atoms with Gasteiger partial charge in [-0.05, 0) is 13.3 Å². The maximum Gasteiger partial charge on any atom is 0.326 e. The van der Waals surface area contributed by atoms with E-state index in [1.165, 1.54) is 0 Å². The van der Waals surface area contributed by atoms with Crippen LogP contribution in [0.5, 0.6) is 0 Å². The molecule has 0 aliphatic carbocycles. The molecule has 0 aliphatic heterocycles. The second-order valence-electron chi connectivity index (χ2n) is 4.07. The summed E-state index contributed by atoms with van der Waals surface area (Å²) >= 11 is 0. The van der Waals surface area contributed by atoms with Crippen molar-refractivity contribution in [2.75, 3.05) is 12.4 Å². The van der Waals surface area contributed by atoms with Gasteiger partial charge in [0.05, 0.1) is 0 Å². The average Bonchev–Trinajstić information content (AvgIpc) is 2.28. The van der Waals surface area contributed by atoms with Gasteiger partial charge in [-0.3, -0.25) is 0 Å². The van der Waals surface area contributed by atoms with Crippen molar-refractivity contribution in [3.05, 3.63) is 17.6 Å². The van der Waals surface area contributed by atoms with Crippen LogP contribution in [0.2, 0.25) is 0 Å². The fourth-order valence-electron chi connectivity index (χ4n) is 1.62. The van der Waals surface area contributed by atoms with E-state index in [-0.39, 0.29) is 0 Å². The van der Waals surface area contributed by atoms with Gasteiger partial charge in [0, 0.05) is 18.9 Å². The summed E-state index contributed by atoms with van der Waals surface area (Å²) in [6.07, 6.45) is 1.34. The van der Waals surface area contributed by atoms with E-state index in [9.17, 15) is 4.79 Å². The van der Waals surface area contributed by atoms with Crippen LogP contribution in [0.15, 0.2) is 6.07 Å². The number of nitrogens with zero attached hydrogens (tertiary/aromatic N) is 2. The molecule has 100 valence electrons. The summed E-state index contributed by atoms with van der Waals surface area (Å²) < 4.78 is 4.97. The van der Waals surface area contributed by atoms with E-state index >= 15 is 0 Å². The van der Waals surface area contributed by atoms with Gasteiger partial charge in [-0.2, -0.15) is 0 Å². The highest BCUT2D eigenvalue weighted by molar-refractivity contribution is 5.76. The van der Waals surface area contributed by atoms with Crippen LogP contribution in [-0.4, -0.2) is 34.2 Å². The first kappa shape index (κ1) is 14.4. The predicted octanol–water partition coefficient (Wildman–Crippen LogP) is 1.60. The highest BCUT2D eigenvalue weighted by Gasteiger charge is 2.16. The van der Waals surface area contributed by atoms with Crippen LogP contribution in [0.1, 0.15) is 31.3 Å². The van der Waals surface area contributed by atoms with E-state index in [1.54, 1.807) is 13.2 Å². The second-order valence-corrected chi connectivity index (χ2v) is 4.07. The Morgan fingerprint density at radius 3 is 2.83 bits per heavy atom. The van der Waals surface area contributed by atoms with Gasteiger partial charge in [0.15, 0.2) is 5.82 Å². The molecule has 0 aromatic carbocycles. The molecule has 0 fully saturated rings. The summed E-state index contributed by atoms with van der Waals surface area (Å²) in [5, 5.41) is 12.0. The molecule has 1 atom stereocenters. The molecule has 0 radical (unpaired) electrons. The second kappa shape index (κ2) is 6.90. The number of hydrogen-bond donors (Lipinski definition) is 2. The van der Waals surface area contributed by atoms with E-state index in [2.05, 4.69) is 15.3 Å². The Bertz CT molecular complexity index is 410. The van der Waals surface area contributed by atoms with Gasteiger partial charge in [0.25, 0.3) is 0 Å². The van der Waals surface area contributed by atoms with Crippen LogP contribution >= 0.6 is 0 Å². The Labute approximate surface area is 106 Å². The molecule has 0 aliphatic rings. The summed E-state index contributed by atoms with van der Waals surface area (Å²) in [5.41, 5.74) is 0.778. The van der Waals surface area contributed by atoms with E-state index < -0.39 is 12.0 Å². The average molecular weight is 253 g/mol. The van der Waals surface area contributed by atoms with E-state index in [0.717, 1.165) is 12.1 Å². The smallest absolute Gasteiger partial charge is 0.326 e. The Kier molecular flexibility index (Phi) is 5.51. The zero-order chi connectivity index (χ0) is 13.5. The van der Waals surface area contributed by atoms with Gasteiger partial charge in [-0.25, -0.2) is 14.8 Å². The number of nitrogens with one attached hydrogen (secondary N) is 1. The third-order valence-electron chi connectivity index (χ3n) is 2.37. The molecule has 0 bridgehead atoms. The van der Waals surface area contributed by atoms with Crippen molar-refractivity contribution in [1.82, 2.24) is 9.97 Å². The fraction of sp³-hybridized carbons (Fsp3) is 0.583. The van der Waals surface area contributed by atoms with Gasteiger partial charge in [-0.1, -0.05) is 13.3 Å². The molecule has 0 spiro atoms. The summed E-state index contributed by atoms with van der Waals surface area (Å²) in [6, 6.07) is 1.10. The van der Waals surface area contributed by atoms with Crippen molar-refractivity contribution in [1.29, 1.82) is 0 Å². The molecule has 1 unspecified atom stereocenters. The van der Waals surface area contributed by atoms with Crippen molar-refractivity contribution in [2.45, 2.75) is 39.3 Å². The third-order valence-corrected chi connectivity index (χ3v) is 2.37. The lowest BCUT2D eigenvalue weighted by Crippen LogP contribution is -2.29. The first-order chi connectivity index (χ1) is 8.56. The summed E-state index contributed by atoms with van der Waals surface area (Å²) in [4.78, 5) is 19.5. The minimum atomic E-state index is -0.874. The maximum absolute atomic E-state index is 11.1. The number of hydrogen-bond acceptors (Lipinski definition) is 5. The number of ether oxygens (including phenoxy) is 1. The number of carboxylic acids is 1. The SMILES string of the molecule is CCCC(Nc1cc(C)nc(COC)n1)C(=O)O. The van der Waals surface area contributed by atoms with Crippen molar-refractivity contribution in [3.63, 3.8) is 0 Å². The molecule has 6 nitrogen and oxygen atoms in total. The number of carbonyl (C=O) groups is 1. The zero-order valence-electron chi connectivity index (χ0n) is 10.9. The van der Waals surface area contributed by atoms with Gasteiger partial charge < -0.3 is 15.2 Å². The molecule has 1 aromatic rings. The molecule has 0 saturated carbocycles. The van der Waals surface area contributed by atoms with Crippen LogP contribution in [0.3, 0.4) is 0 Å². The molecule has 0 amide bonds. The number of rotatable bonds is 7. The van der Waals surface area contributed by atoms with Crippen LogP contribution in [0.25, 0.3) is 0 Å². The summed E-state index contributed by atoms with van der Waals surface area (Å²) in [7, 11) is 1.57. The number of aliphatic carboxylic acids is 1. The minimum absolute atomic E-state index is 0.307. The molecule has 1 aromatic heterocycles. The number of aryl methyl sites for hydroxylation is 1. The molecule has 1 heterocycles. The molecular formula is C12H19N3O3. The lowest BCUT2D eigenvalue weighted by Gasteiger charge is -2.15. The predicted molar refractivity (Wildman–Crippen MR) is 67.4 cm³/mol. The van der Waals surface area contributed by atoms with Crippen LogP contribution in [0, 0.1) is 6.92 Å². The quantitative estimate of drug-likeness (QED) is 0.767. The normalized spacial score (nSPS) is 12.2. The largest absolute Gasteiger partial charge is 0.480 e. The van der Waals surface area contributed by atoms with Gasteiger partial charge in [-0.15, -0.1) is 0 Å². The third kappa shape index (κ3) is 4.29. The van der Waals surface area contributed by atoms with Crippen LogP contribution < -0.4 is 5.32 Å². The van der Waals surface area contributed by atoms with E-state index in [0.29, 0.717) is 24.7 Å². The maximum atomic E-state index is 11.1. The molecule has 2 N–H and O–H groups in total. The standard InChI is InChI=1S/C12H19N3O3/c1-4-5-9(12(16)17)14-10-6-8(2)13-11(15-10)7-18-3/h6,9H,4-5,7H2,1-3H3,(H,16,17)(H,13,14,15). The van der Waals surface area contributed by atoms with Crippen LogP contribution in [-0.2, 0) is 16.1 Å². The summed E-state index contributed by atoms with van der Waals surface area (Å²) in [5.74, 6) is 0.192. The monoisotopic (exact) mass is 253 g/mol. The van der Waals surface area contributed by atoms with Gasteiger partial charge in [0.2, 0.25) is 0 Å². The Hall–Kier alpha value is -1.69. The number of methoxy groups -OCH3 is 1. The topological polar surface area (TPSA) is 84.3 Å². The Morgan fingerprint density at radius 1 is 1.56 bits per heavy atom. The van der Waals surface area contributed by atoms with E-state index in [1.807, 2.05) is 13.8 Å². The van der Waals surface area contributed by atoms with Gasteiger partial charge >= 0.3 is 5.97 Å². The Balaban J connectivity index is 2.84. The first-order valence-electron chi connectivity index (χ1n) is 5.89. The lowest BCUT2D eigenvalue weighted by molar-refractivity contribution is -0.138. The van der Waals surface area contributed by atoms with Crippen molar-refractivity contribution >= 4 is 11.8 Å². The molecule has 6 heteroatoms. The number of anilines is 1. The first-order valence-corrected chi connectivity index (χ1v) is 5.89. The lowest BCUT2D eigenvalue weighted by atomic mass is 10.1. The van der Waals surface area contributed by atoms with Gasteiger partial charge in [0.1, 0.15) is 18.5 Å². The summed E-state index contributed by atoms with van der Waals surface area (Å²) in [6.45, 7) is 4.09. The molecule has 1 rings (SSSR count). The fourth-order valence-corrected chi connectivity index (χ4v) is 1.62. The van der Waals surface area contributed by atoms with Crippen LogP contribution in [0.4, 0.5) is 5.82 Å². The van der Waals surface area contributed by atoms with E-state index in [4.69, 9.17) is 9.84 Å². The number of aromatic nitrogens is 2. The zero-order valence-corrected chi connectivity index (χ0v) is 10.9. The van der Waals surface area contributed by atoms with Crippen molar-refractivity contribution in [3.8, 4) is 0 Å².